The van der Waals surface area contributed by atoms with E-state index < -0.39 is 0 Å². The van der Waals surface area contributed by atoms with E-state index in [2.05, 4.69) is 45.6 Å². The SMILES string of the molecule is CNc1cc(-c2cccc3ccccc23)nc(COC)n1. The van der Waals surface area contributed by atoms with Gasteiger partial charge in [0.1, 0.15) is 12.4 Å². The molecule has 0 amide bonds. The zero-order valence-electron chi connectivity index (χ0n) is 12.1. The van der Waals surface area contributed by atoms with Crippen LogP contribution in [0.15, 0.2) is 48.5 Å². The molecule has 4 nitrogen and oxygen atoms in total. The number of methoxy groups -OCH3 is 1. The quantitative estimate of drug-likeness (QED) is 0.794. The monoisotopic (exact) mass is 279 g/mol. The van der Waals surface area contributed by atoms with Crippen molar-refractivity contribution in [3.05, 3.63) is 54.4 Å². The van der Waals surface area contributed by atoms with Crippen molar-refractivity contribution in [2.45, 2.75) is 6.61 Å². The molecule has 0 radical (unpaired) electrons. The summed E-state index contributed by atoms with van der Waals surface area (Å²) in [5.74, 6) is 1.47. The fraction of sp³-hybridized carbons (Fsp3) is 0.176. The van der Waals surface area contributed by atoms with E-state index >= 15 is 0 Å². The highest BCUT2D eigenvalue weighted by Gasteiger charge is 2.09. The second kappa shape index (κ2) is 5.89. The average molecular weight is 279 g/mol. The number of rotatable bonds is 4. The number of hydrogen-bond donors (Lipinski definition) is 1. The molecule has 1 heterocycles. The van der Waals surface area contributed by atoms with Gasteiger partial charge in [0.15, 0.2) is 5.82 Å². The van der Waals surface area contributed by atoms with Crippen LogP contribution < -0.4 is 5.32 Å². The predicted molar refractivity (Wildman–Crippen MR) is 85.2 cm³/mol. The molecule has 106 valence electrons. The Morgan fingerprint density at radius 2 is 1.86 bits per heavy atom. The molecule has 0 aliphatic carbocycles. The van der Waals surface area contributed by atoms with Crippen molar-refractivity contribution in [2.75, 3.05) is 19.5 Å². The lowest BCUT2D eigenvalue weighted by Crippen LogP contribution is -2.03. The van der Waals surface area contributed by atoms with E-state index in [1.165, 1.54) is 10.8 Å². The standard InChI is InChI=1S/C17H17N3O/c1-18-16-10-15(19-17(20-16)11-21-2)14-9-5-7-12-6-3-4-8-13(12)14/h3-10H,11H2,1-2H3,(H,18,19,20). The minimum Gasteiger partial charge on any atom is -0.377 e. The summed E-state index contributed by atoms with van der Waals surface area (Å²) >= 11 is 0. The van der Waals surface area contributed by atoms with Crippen LogP contribution in [0.25, 0.3) is 22.0 Å². The van der Waals surface area contributed by atoms with Crippen molar-refractivity contribution in [3.8, 4) is 11.3 Å². The minimum absolute atomic E-state index is 0.396. The Morgan fingerprint density at radius 1 is 1.05 bits per heavy atom. The van der Waals surface area contributed by atoms with Gasteiger partial charge in [-0.1, -0.05) is 42.5 Å². The molecule has 0 bridgehead atoms. The largest absolute Gasteiger partial charge is 0.377 e. The maximum Gasteiger partial charge on any atom is 0.157 e. The molecule has 0 unspecified atom stereocenters. The summed E-state index contributed by atoms with van der Waals surface area (Å²) in [7, 11) is 3.50. The Morgan fingerprint density at radius 3 is 2.67 bits per heavy atom. The third-order valence-corrected chi connectivity index (χ3v) is 3.37. The summed E-state index contributed by atoms with van der Waals surface area (Å²) in [6.07, 6.45) is 0. The first kappa shape index (κ1) is 13.5. The molecule has 0 spiro atoms. The molecule has 2 aromatic carbocycles. The second-order valence-electron chi connectivity index (χ2n) is 4.76. The molecular weight excluding hydrogens is 262 g/mol. The number of nitrogens with zero attached hydrogens (tertiary/aromatic N) is 2. The highest BCUT2D eigenvalue weighted by atomic mass is 16.5. The molecule has 1 aromatic heterocycles. The Balaban J connectivity index is 2.20. The number of ether oxygens (including phenoxy) is 1. The summed E-state index contributed by atoms with van der Waals surface area (Å²) in [5, 5.41) is 5.46. The van der Waals surface area contributed by atoms with E-state index in [0.29, 0.717) is 12.4 Å². The van der Waals surface area contributed by atoms with Crippen molar-refractivity contribution in [2.24, 2.45) is 0 Å². The first-order valence-corrected chi connectivity index (χ1v) is 6.84. The van der Waals surface area contributed by atoms with Crippen LogP contribution in [0.5, 0.6) is 0 Å². The maximum atomic E-state index is 5.15. The fourth-order valence-corrected chi connectivity index (χ4v) is 2.41. The minimum atomic E-state index is 0.396. The van der Waals surface area contributed by atoms with Gasteiger partial charge < -0.3 is 10.1 Å². The number of aromatic nitrogens is 2. The van der Waals surface area contributed by atoms with Gasteiger partial charge >= 0.3 is 0 Å². The van der Waals surface area contributed by atoms with E-state index in [4.69, 9.17) is 4.74 Å². The third-order valence-electron chi connectivity index (χ3n) is 3.37. The second-order valence-corrected chi connectivity index (χ2v) is 4.76. The van der Waals surface area contributed by atoms with E-state index in [0.717, 1.165) is 17.1 Å². The summed E-state index contributed by atoms with van der Waals surface area (Å²) in [6.45, 7) is 0.396. The van der Waals surface area contributed by atoms with Crippen molar-refractivity contribution in [1.29, 1.82) is 0 Å². The number of fused-ring (bicyclic) bond motifs is 1. The van der Waals surface area contributed by atoms with E-state index in [9.17, 15) is 0 Å². The lowest BCUT2D eigenvalue weighted by molar-refractivity contribution is 0.178. The van der Waals surface area contributed by atoms with Gasteiger partial charge in [0.2, 0.25) is 0 Å². The normalized spacial score (nSPS) is 10.8. The van der Waals surface area contributed by atoms with E-state index in [-0.39, 0.29) is 0 Å². The lowest BCUT2D eigenvalue weighted by Gasteiger charge is -2.10. The first-order valence-electron chi connectivity index (χ1n) is 6.84. The third kappa shape index (κ3) is 2.71. The molecule has 0 atom stereocenters. The van der Waals surface area contributed by atoms with Crippen LogP contribution in [0, 0.1) is 0 Å². The average Bonchev–Trinajstić information content (AvgIpc) is 2.54. The van der Waals surface area contributed by atoms with Gasteiger partial charge in [-0.05, 0) is 10.8 Å². The number of anilines is 1. The van der Waals surface area contributed by atoms with Crippen LogP contribution in [0.3, 0.4) is 0 Å². The molecule has 3 aromatic rings. The smallest absolute Gasteiger partial charge is 0.157 e. The summed E-state index contributed by atoms with van der Waals surface area (Å²) in [6, 6.07) is 16.5. The van der Waals surface area contributed by atoms with Gasteiger partial charge in [0.25, 0.3) is 0 Å². The van der Waals surface area contributed by atoms with Gasteiger partial charge in [-0.25, -0.2) is 9.97 Å². The summed E-state index contributed by atoms with van der Waals surface area (Å²) < 4.78 is 5.15. The number of hydrogen-bond acceptors (Lipinski definition) is 4. The van der Waals surface area contributed by atoms with Crippen LogP contribution in [0.4, 0.5) is 5.82 Å². The Kier molecular flexibility index (Phi) is 3.79. The molecule has 0 fully saturated rings. The first-order chi connectivity index (χ1) is 10.3. The predicted octanol–water partition coefficient (Wildman–Crippen LogP) is 3.48. The Labute approximate surface area is 123 Å². The van der Waals surface area contributed by atoms with E-state index in [1.807, 2.05) is 25.2 Å². The number of nitrogens with one attached hydrogen (secondary N) is 1. The summed E-state index contributed by atoms with van der Waals surface area (Å²) in [4.78, 5) is 9.02. The molecule has 4 heteroatoms. The molecular formula is C17H17N3O. The van der Waals surface area contributed by atoms with E-state index in [1.54, 1.807) is 7.11 Å². The molecule has 0 aliphatic rings. The van der Waals surface area contributed by atoms with Crippen molar-refractivity contribution < 1.29 is 4.74 Å². The van der Waals surface area contributed by atoms with Crippen molar-refractivity contribution in [1.82, 2.24) is 9.97 Å². The highest BCUT2D eigenvalue weighted by Crippen LogP contribution is 2.28. The fourth-order valence-electron chi connectivity index (χ4n) is 2.41. The molecule has 0 saturated carbocycles. The molecule has 1 N–H and O–H groups in total. The van der Waals surface area contributed by atoms with Gasteiger partial charge in [-0.15, -0.1) is 0 Å². The molecule has 3 rings (SSSR count). The van der Waals surface area contributed by atoms with Crippen LogP contribution in [-0.2, 0) is 11.3 Å². The summed E-state index contributed by atoms with van der Waals surface area (Å²) in [5.41, 5.74) is 2.00. The van der Waals surface area contributed by atoms with Crippen LogP contribution in [-0.4, -0.2) is 24.1 Å². The van der Waals surface area contributed by atoms with Crippen LogP contribution in [0.1, 0.15) is 5.82 Å². The van der Waals surface area contributed by atoms with Gasteiger partial charge in [-0.3, -0.25) is 0 Å². The Hall–Kier alpha value is -2.46. The van der Waals surface area contributed by atoms with Crippen LogP contribution >= 0.6 is 0 Å². The zero-order valence-corrected chi connectivity index (χ0v) is 12.1. The van der Waals surface area contributed by atoms with Crippen LogP contribution in [0.2, 0.25) is 0 Å². The Bertz CT molecular complexity index is 766. The molecule has 21 heavy (non-hydrogen) atoms. The van der Waals surface area contributed by atoms with Gasteiger partial charge in [-0.2, -0.15) is 0 Å². The zero-order chi connectivity index (χ0) is 14.7. The maximum absolute atomic E-state index is 5.15. The van der Waals surface area contributed by atoms with Crippen molar-refractivity contribution in [3.63, 3.8) is 0 Å². The molecule has 0 saturated heterocycles. The molecule has 0 aliphatic heterocycles. The highest BCUT2D eigenvalue weighted by molar-refractivity contribution is 5.96. The van der Waals surface area contributed by atoms with Gasteiger partial charge in [0.05, 0.1) is 5.69 Å². The lowest BCUT2D eigenvalue weighted by atomic mass is 10.0. The van der Waals surface area contributed by atoms with Crippen molar-refractivity contribution >= 4 is 16.6 Å². The van der Waals surface area contributed by atoms with Gasteiger partial charge in [0, 0.05) is 25.8 Å². The number of benzene rings is 2. The topological polar surface area (TPSA) is 47.0 Å².